The number of aliphatic carboxylic acids is 1. The summed E-state index contributed by atoms with van der Waals surface area (Å²) in [6.07, 6.45) is -3.33. The number of alkyl halides is 3. The Balaban J connectivity index is 2.42. The van der Waals surface area contributed by atoms with E-state index in [2.05, 4.69) is 5.32 Å². The summed E-state index contributed by atoms with van der Waals surface area (Å²) >= 11 is 0. The summed E-state index contributed by atoms with van der Waals surface area (Å²) in [5.41, 5.74) is 0. The van der Waals surface area contributed by atoms with Gasteiger partial charge < -0.3 is 15.3 Å². The van der Waals surface area contributed by atoms with Crippen LogP contribution in [0.1, 0.15) is 19.8 Å². The van der Waals surface area contributed by atoms with Crippen molar-refractivity contribution in [1.29, 1.82) is 0 Å². The van der Waals surface area contributed by atoms with Crippen molar-refractivity contribution in [1.82, 2.24) is 15.1 Å². The number of urea groups is 1. The third-order valence-electron chi connectivity index (χ3n) is 3.24. The second-order valence-electron chi connectivity index (χ2n) is 5.01. The summed E-state index contributed by atoms with van der Waals surface area (Å²) in [6, 6.07) is -1.50. The largest absolute Gasteiger partial charge is 0.480 e. The maximum Gasteiger partial charge on any atom is 0.401 e. The molecule has 9 heteroatoms. The highest BCUT2D eigenvalue weighted by atomic mass is 19.4. The molecule has 1 fully saturated rings. The lowest BCUT2D eigenvalue weighted by molar-refractivity contribution is -0.148. The highest BCUT2D eigenvalue weighted by molar-refractivity contribution is 5.82. The fourth-order valence-electron chi connectivity index (χ4n) is 2.15. The Hall–Kier alpha value is -1.51. The second kappa shape index (κ2) is 7.48. The van der Waals surface area contributed by atoms with Gasteiger partial charge in [-0.15, -0.1) is 0 Å². The minimum Gasteiger partial charge on any atom is -0.480 e. The van der Waals surface area contributed by atoms with Crippen molar-refractivity contribution in [2.24, 2.45) is 0 Å². The van der Waals surface area contributed by atoms with E-state index in [4.69, 9.17) is 5.11 Å². The minimum atomic E-state index is -4.25. The number of nitrogens with zero attached hydrogens (tertiary/aromatic N) is 2. The molecule has 1 rings (SSSR count). The molecule has 1 saturated heterocycles. The molecule has 1 aliphatic heterocycles. The van der Waals surface area contributed by atoms with Gasteiger partial charge in [0, 0.05) is 26.2 Å². The monoisotopic (exact) mass is 311 g/mol. The standard InChI is InChI=1S/C12H20F3N3O3/c1-2-3-9(10(19)20)16-11(21)18-6-4-17(5-7-18)8-12(13,14)15/h9H,2-8H2,1H3,(H,16,21)(H,19,20)/t9-/m0/s1. The van der Waals surface area contributed by atoms with Gasteiger partial charge in [-0.3, -0.25) is 4.90 Å². The lowest BCUT2D eigenvalue weighted by atomic mass is 10.2. The van der Waals surface area contributed by atoms with E-state index in [1.165, 1.54) is 9.80 Å². The van der Waals surface area contributed by atoms with Gasteiger partial charge in [0.25, 0.3) is 0 Å². The van der Waals surface area contributed by atoms with Gasteiger partial charge in [-0.2, -0.15) is 13.2 Å². The van der Waals surface area contributed by atoms with Crippen LogP contribution in [0, 0.1) is 0 Å². The average Bonchev–Trinajstić information content (AvgIpc) is 2.36. The van der Waals surface area contributed by atoms with E-state index in [9.17, 15) is 22.8 Å². The number of carbonyl (C=O) groups excluding carboxylic acids is 1. The van der Waals surface area contributed by atoms with Crippen molar-refractivity contribution in [3.8, 4) is 0 Å². The molecule has 0 bridgehead atoms. The van der Waals surface area contributed by atoms with Crippen molar-refractivity contribution in [2.75, 3.05) is 32.7 Å². The van der Waals surface area contributed by atoms with E-state index < -0.39 is 30.8 Å². The average molecular weight is 311 g/mol. The number of piperazine rings is 1. The second-order valence-corrected chi connectivity index (χ2v) is 5.01. The summed E-state index contributed by atoms with van der Waals surface area (Å²) in [6.45, 7) is 1.37. The zero-order valence-corrected chi connectivity index (χ0v) is 11.8. The molecule has 6 nitrogen and oxygen atoms in total. The summed E-state index contributed by atoms with van der Waals surface area (Å²) in [4.78, 5) is 25.4. The van der Waals surface area contributed by atoms with Crippen LogP contribution in [0.25, 0.3) is 0 Å². The first kappa shape index (κ1) is 17.5. The molecule has 0 aliphatic carbocycles. The molecule has 0 aromatic carbocycles. The van der Waals surface area contributed by atoms with Crippen LogP contribution in [0.4, 0.5) is 18.0 Å². The van der Waals surface area contributed by atoms with Gasteiger partial charge in [0.05, 0.1) is 6.54 Å². The molecule has 0 saturated carbocycles. The Kier molecular flexibility index (Phi) is 6.25. The zero-order chi connectivity index (χ0) is 16.0. The van der Waals surface area contributed by atoms with Crippen LogP contribution >= 0.6 is 0 Å². The summed E-state index contributed by atoms with van der Waals surface area (Å²) in [5.74, 6) is -1.11. The first-order valence-corrected chi connectivity index (χ1v) is 6.80. The topological polar surface area (TPSA) is 72.9 Å². The normalized spacial score (nSPS) is 18.4. The van der Waals surface area contributed by atoms with Gasteiger partial charge in [-0.1, -0.05) is 13.3 Å². The number of hydrogen-bond acceptors (Lipinski definition) is 3. The fraction of sp³-hybridized carbons (Fsp3) is 0.833. The molecule has 0 aromatic rings. The fourth-order valence-corrected chi connectivity index (χ4v) is 2.15. The van der Waals surface area contributed by atoms with Crippen LogP contribution in [0.5, 0.6) is 0 Å². The van der Waals surface area contributed by atoms with Crippen LogP contribution in [0.15, 0.2) is 0 Å². The van der Waals surface area contributed by atoms with E-state index in [-0.39, 0.29) is 26.2 Å². The molecular weight excluding hydrogens is 291 g/mol. The van der Waals surface area contributed by atoms with Crippen molar-refractivity contribution >= 4 is 12.0 Å². The summed E-state index contributed by atoms with van der Waals surface area (Å²) in [5, 5.41) is 11.4. The van der Waals surface area contributed by atoms with Crippen molar-refractivity contribution in [2.45, 2.75) is 32.0 Å². The number of nitrogens with one attached hydrogen (secondary N) is 1. The van der Waals surface area contributed by atoms with Crippen LogP contribution < -0.4 is 5.32 Å². The molecular formula is C12H20F3N3O3. The molecule has 21 heavy (non-hydrogen) atoms. The molecule has 1 aliphatic rings. The van der Waals surface area contributed by atoms with E-state index in [0.29, 0.717) is 12.8 Å². The van der Waals surface area contributed by atoms with Gasteiger partial charge in [-0.25, -0.2) is 9.59 Å². The number of carboxylic acids is 1. The van der Waals surface area contributed by atoms with Gasteiger partial charge in [-0.05, 0) is 6.42 Å². The molecule has 2 amide bonds. The molecule has 1 atom stereocenters. The summed E-state index contributed by atoms with van der Waals surface area (Å²) < 4.78 is 36.7. The predicted octanol–water partition coefficient (Wildman–Crippen LogP) is 1.13. The van der Waals surface area contributed by atoms with Crippen LogP contribution in [0.3, 0.4) is 0 Å². The Morgan fingerprint density at radius 1 is 1.24 bits per heavy atom. The highest BCUT2D eigenvalue weighted by Crippen LogP contribution is 2.17. The predicted molar refractivity (Wildman–Crippen MR) is 68.9 cm³/mol. The van der Waals surface area contributed by atoms with Crippen molar-refractivity contribution in [3.05, 3.63) is 0 Å². The smallest absolute Gasteiger partial charge is 0.401 e. The van der Waals surface area contributed by atoms with Crippen molar-refractivity contribution in [3.63, 3.8) is 0 Å². The lowest BCUT2D eigenvalue weighted by Crippen LogP contribution is -2.55. The van der Waals surface area contributed by atoms with Crippen LogP contribution in [0.2, 0.25) is 0 Å². The van der Waals surface area contributed by atoms with E-state index in [0.717, 1.165) is 0 Å². The number of amides is 2. The van der Waals surface area contributed by atoms with Gasteiger partial charge in [0.1, 0.15) is 6.04 Å². The van der Waals surface area contributed by atoms with E-state index in [1.807, 2.05) is 0 Å². The third kappa shape index (κ3) is 6.19. The van der Waals surface area contributed by atoms with E-state index in [1.54, 1.807) is 6.92 Å². The Morgan fingerprint density at radius 3 is 2.24 bits per heavy atom. The Labute approximate surface area is 120 Å². The summed E-state index contributed by atoms with van der Waals surface area (Å²) in [7, 11) is 0. The first-order valence-electron chi connectivity index (χ1n) is 6.80. The number of carboxylic acid groups (broad SMARTS) is 1. The van der Waals surface area contributed by atoms with Gasteiger partial charge in [0.15, 0.2) is 0 Å². The number of hydrogen-bond donors (Lipinski definition) is 2. The van der Waals surface area contributed by atoms with Crippen LogP contribution in [-0.2, 0) is 4.79 Å². The SMILES string of the molecule is CCC[C@H](NC(=O)N1CCN(CC(F)(F)F)CC1)C(=O)O. The number of halogens is 3. The number of rotatable bonds is 5. The zero-order valence-electron chi connectivity index (χ0n) is 11.8. The third-order valence-corrected chi connectivity index (χ3v) is 3.24. The molecule has 0 unspecified atom stereocenters. The quantitative estimate of drug-likeness (QED) is 0.798. The number of carbonyl (C=O) groups is 2. The lowest BCUT2D eigenvalue weighted by Gasteiger charge is -2.35. The molecule has 0 spiro atoms. The van der Waals surface area contributed by atoms with Crippen LogP contribution in [-0.4, -0.2) is 71.8 Å². The molecule has 0 aromatic heterocycles. The Morgan fingerprint density at radius 2 is 1.81 bits per heavy atom. The molecule has 1 heterocycles. The molecule has 0 radical (unpaired) electrons. The molecule has 122 valence electrons. The molecule has 2 N–H and O–H groups in total. The highest BCUT2D eigenvalue weighted by Gasteiger charge is 2.33. The first-order chi connectivity index (χ1) is 9.73. The van der Waals surface area contributed by atoms with Crippen molar-refractivity contribution < 1.29 is 27.9 Å². The van der Waals surface area contributed by atoms with Gasteiger partial charge >= 0.3 is 18.2 Å². The van der Waals surface area contributed by atoms with Gasteiger partial charge in [0.2, 0.25) is 0 Å². The maximum absolute atomic E-state index is 12.2. The minimum absolute atomic E-state index is 0.123. The maximum atomic E-state index is 12.2. The van der Waals surface area contributed by atoms with E-state index >= 15 is 0 Å². The Bertz CT molecular complexity index is 368.